The number of thioether (sulfide) groups is 2. The number of hydrogen-bond donors (Lipinski definition) is 1. The monoisotopic (exact) mass is 483 g/mol. The van der Waals surface area contributed by atoms with E-state index in [4.69, 9.17) is 23.2 Å². The number of nitrogens with zero attached hydrogens (tertiary/aromatic N) is 2. The topological polar surface area (TPSA) is 54.9 Å². The van der Waals surface area contributed by atoms with E-state index in [0.29, 0.717) is 26.7 Å². The van der Waals surface area contributed by atoms with Crippen LogP contribution in [0.25, 0.3) is 0 Å². The van der Waals surface area contributed by atoms with E-state index in [-0.39, 0.29) is 5.91 Å². The fraction of sp³-hybridized carbons (Fsp3) is 0.250. The smallest absolute Gasteiger partial charge is 0.236 e. The molecule has 9 heteroatoms. The third-order valence-electron chi connectivity index (χ3n) is 3.82. The summed E-state index contributed by atoms with van der Waals surface area (Å²) in [6.07, 6.45) is 2.12. The average molecular weight is 484 g/mol. The molecule has 0 saturated heterocycles. The number of nitrogens with one attached hydrogen (secondary N) is 1. The molecule has 1 aromatic heterocycles. The molecule has 152 valence electrons. The second-order valence-corrected chi connectivity index (χ2v) is 10.2. The first-order chi connectivity index (χ1) is 14.1. The lowest BCUT2D eigenvalue weighted by Crippen LogP contribution is -2.13. The standard InChI is InChI=1S/C20H19Cl2N3OS3/c21-16-9-8-15(11-17(16)22)12-27-13-18(26)23-19-24-25-20(29-19)28-10-4-7-14-5-2-1-3-6-14/h1-3,5-6,8-9,11H,4,7,10,12-13H2,(H,23,24,26). The minimum Gasteiger partial charge on any atom is -0.300 e. The van der Waals surface area contributed by atoms with E-state index in [1.54, 1.807) is 17.8 Å². The molecule has 0 atom stereocenters. The molecular formula is C20H19Cl2N3OS3. The normalized spacial score (nSPS) is 10.8. The Labute approximate surface area is 192 Å². The van der Waals surface area contributed by atoms with Crippen molar-refractivity contribution in [3.05, 3.63) is 69.7 Å². The van der Waals surface area contributed by atoms with Crippen LogP contribution in [0.1, 0.15) is 17.5 Å². The summed E-state index contributed by atoms with van der Waals surface area (Å²) in [6.45, 7) is 0. The maximum atomic E-state index is 12.1. The zero-order chi connectivity index (χ0) is 20.5. The summed E-state index contributed by atoms with van der Waals surface area (Å²) < 4.78 is 0.872. The fourth-order valence-corrected chi connectivity index (χ4v) is 5.32. The van der Waals surface area contributed by atoms with Crippen LogP contribution >= 0.6 is 58.1 Å². The summed E-state index contributed by atoms with van der Waals surface area (Å²) in [5.74, 6) is 1.89. The summed E-state index contributed by atoms with van der Waals surface area (Å²) in [7, 11) is 0. The summed E-state index contributed by atoms with van der Waals surface area (Å²) in [4.78, 5) is 12.1. The maximum absolute atomic E-state index is 12.1. The molecule has 0 aliphatic rings. The van der Waals surface area contributed by atoms with E-state index in [1.165, 1.54) is 28.7 Å². The summed E-state index contributed by atoms with van der Waals surface area (Å²) in [6, 6.07) is 15.9. The number of carbonyl (C=O) groups excluding carboxylic acids is 1. The first-order valence-corrected chi connectivity index (χ1v) is 12.6. The van der Waals surface area contributed by atoms with Gasteiger partial charge >= 0.3 is 0 Å². The predicted octanol–water partition coefficient (Wildman–Crippen LogP) is 6.44. The van der Waals surface area contributed by atoms with Crippen molar-refractivity contribution >= 4 is 69.1 Å². The highest BCUT2D eigenvalue weighted by atomic mass is 35.5. The molecule has 0 unspecified atom stereocenters. The quantitative estimate of drug-likeness (QED) is 0.204. The minimum atomic E-state index is -0.0909. The Kier molecular flexibility index (Phi) is 9.14. The van der Waals surface area contributed by atoms with Gasteiger partial charge in [-0.05, 0) is 36.1 Å². The predicted molar refractivity (Wildman–Crippen MR) is 127 cm³/mol. The number of aromatic nitrogens is 2. The SMILES string of the molecule is O=C(CSCc1ccc(Cl)c(Cl)c1)Nc1nnc(SCCCc2ccccc2)s1. The van der Waals surface area contributed by atoms with Gasteiger partial charge in [-0.1, -0.05) is 82.7 Å². The van der Waals surface area contributed by atoms with Gasteiger partial charge in [-0.15, -0.1) is 22.0 Å². The Bertz CT molecular complexity index is 938. The van der Waals surface area contributed by atoms with Gasteiger partial charge in [0.1, 0.15) is 0 Å². The highest BCUT2D eigenvalue weighted by molar-refractivity contribution is 8.01. The molecule has 0 aliphatic carbocycles. The van der Waals surface area contributed by atoms with E-state index in [2.05, 4.69) is 39.8 Å². The van der Waals surface area contributed by atoms with Gasteiger partial charge in [0.2, 0.25) is 11.0 Å². The summed E-state index contributed by atoms with van der Waals surface area (Å²) in [5, 5.41) is 12.6. The highest BCUT2D eigenvalue weighted by Crippen LogP contribution is 2.27. The molecule has 3 rings (SSSR count). The fourth-order valence-electron chi connectivity index (χ4n) is 2.45. The molecule has 0 aliphatic heterocycles. The largest absolute Gasteiger partial charge is 0.300 e. The number of anilines is 1. The minimum absolute atomic E-state index is 0.0909. The third kappa shape index (κ3) is 7.83. The van der Waals surface area contributed by atoms with E-state index in [0.717, 1.165) is 28.5 Å². The third-order valence-corrected chi connectivity index (χ3v) is 7.62. The second kappa shape index (κ2) is 11.8. The lowest BCUT2D eigenvalue weighted by atomic mass is 10.1. The zero-order valence-electron chi connectivity index (χ0n) is 15.4. The van der Waals surface area contributed by atoms with Gasteiger partial charge in [0.25, 0.3) is 0 Å². The van der Waals surface area contributed by atoms with Crippen molar-refractivity contribution in [2.24, 2.45) is 0 Å². The van der Waals surface area contributed by atoms with Gasteiger partial charge < -0.3 is 0 Å². The maximum Gasteiger partial charge on any atom is 0.236 e. The van der Waals surface area contributed by atoms with Crippen molar-refractivity contribution in [1.29, 1.82) is 0 Å². The molecule has 0 bridgehead atoms. The number of hydrogen-bond acceptors (Lipinski definition) is 6. The van der Waals surface area contributed by atoms with E-state index in [1.807, 2.05) is 18.2 Å². The molecule has 0 fully saturated rings. The Morgan fingerprint density at radius 3 is 2.66 bits per heavy atom. The van der Waals surface area contributed by atoms with E-state index in [9.17, 15) is 4.79 Å². The second-order valence-electron chi connectivity index (χ2n) is 6.10. The van der Waals surface area contributed by atoms with Crippen LogP contribution in [0, 0.1) is 0 Å². The Morgan fingerprint density at radius 1 is 1.03 bits per heavy atom. The van der Waals surface area contributed by atoms with Gasteiger partial charge in [-0.3, -0.25) is 10.1 Å². The molecule has 3 aromatic rings. The molecule has 29 heavy (non-hydrogen) atoms. The molecule has 2 aromatic carbocycles. The van der Waals surface area contributed by atoms with Crippen LogP contribution < -0.4 is 5.32 Å². The summed E-state index contributed by atoms with van der Waals surface area (Å²) >= 11 is 16.5. The molecule has 0 spiro atoms. The number of carbonyl (C=O) groups is 1. The number of benzene rings is 2. The first-order valence-electron chi connectivity index (χ1n) is 8.92. The van der Waals surface area contributed by atoms with Crippen molar-refractivity contribution in [3.8, 4) is 0 Å². The van der Waals surface area contributed by atoms with Crippen LogP contribution in [-0.2, 0) is 17.0 Å². The first kappa shape index (κ1) is 22.4. The van der Waals surface area contributed by atoms with Gasteiger partial charge in [0.05, 0.1) is 15.8 Å². The van der Waals surface area contributed by atoms with Gasteiger partial charge in [-0.2, -0.15) is 0 Å². The van der Waals surface area contributed by atoms with E-state index < -0.39 is 0 Å². The van der Waals surface area contributed by atoms with Gasteiger partial charge in [-0.25, -0.2) is 0 Å². The van der Waals surface area contributed by atoms with Crippen LogP contribution in [0.4, 0.5) is 5.13 Å². The Balaban J connectivity index is 1.34. The number of rotatable bonds is 10. The molecule has 1 N–H and O–H groups in total. The molecule has 1 heterocycles. The van der Waals surface area contributed by atoms with Crippen molar-refractivity contribution < 1.29 is 4.79 Å². The number of aryl methyl sites for hydroxylation is 1. The van der Waals surface area contributed by atoms with Crippen LogP contribution in [0.5, 0.6) is 0 Å². The summed E-state index contributed by atoms with van der Waals surface area (Å²) in [5.41, 5.74) is 2.37. The van der Waals surface area contributed by atoms with Crippen molar-refractivity contribution in [2.75, 3.05) is 16.8 Å². The molecule has 4 nitrogen and oxygen atoms in total. The van der Waals surface area contributed by atoms with Crippen molar-refractivity contribution in [2.45, 2.75) is 22.9 Å². The van der Waals surface area contributed by atoms with Gasteiger partial charge in [0, 0.05) is 11.5 Å². The van der Waals surface area contributed by atoms with Crippen LogP contribution in [0.15, 0.2) is 52.9 Å². The van der Waals surface area contributed by atoms with Crippen molar-refractivity contribution in [3.63, 3.8) is 0 Å². The number of amides is 1. The molecule has 0 radical (unpaired) electrons. The zero-order valence-corrected chi connectivity index (χ0v) is 19.4. The average Bonchev–Trinajstić information content (AvgIpc) is 3.16. The number of halogens is 2. The van der Waals surface area contributed by atoms with Crippen LogP contribution in [-0.4, -0.2) is 27.6 Å². The van der Waals surface area contributed by atoms with Crippen molar-refractivity contribution in [1.82, 2.24) is 10.2 Å². The molecule has 1 amide bonds. The highest BCUT2D eigenvalue weighted by Gasteiger charge is 2.09. The van der Waals surface area contributed by atoms with Crippen LogP contribution in [0.2, 0.25) is 10.0 Å². The Hall–Kier alpha value is -1.25. The van der Waals surface area contributed by atoms with E-state index >= 15 is 0 Å². The Morgan fingerprint density at radius 2 is 1.86 bits per heavy atom. The van der Waals surface area contributed by atoms with Gasteiger partial charge in [0.15, 0.2) is 4.34 Å². The lowest BCUT2D eigenvalue weighted by molar-refractivity contribution is -0.113. The molecular weight excluding hydrogens is 465 g/mol. The molecule has 0 saturated carbocycles. The van der Waals surface area contributed by atoms with Crippen LogP contribution in [0.3, 0.4) is 0 Å². The lowest BCUT2D eigenvalue weighted by Gasteiger charge is -2.03.